The zero-order chi connectivity index (χ0) is 27.8. The van der Waals surface area contributed by atoms with E-state index in [2.05, 4.69) is 121 Å². The molecule has 2 aliphatic rings. The summed E-state index contributed by atoms with van der Waals surface area (Å²) in [7, 11) is 2.12. The third kappa shape index (κ3) is 4.76. The summed E-state index contributed by atoms with van der Waals surface area (Å²) in [6.45, 7) is 3.48. The van der Waals surface area contributed by atoms with Gasteiger partial charge in [-0.2, -0.15) is 4.57 Å². The second kappa shape index (κ2) is 10.9. The molecule has 3 nitrogen and oxygen atoms in total. The molecule has 0 spiro atoms. The lowest BCUT2D eigenvalue weighted by atomic mass is 9.74. The molecule has 7 rings (SSSR count). The minimum Gasteiger partial charge on any atom is -0.398 e. The van der Waals surface area contributed by atoms with Crippen molar-refractivity contribution in [3.63, 3.8) is 0 Å². The van der Waals surface area contributed by atoms with Crippen LogP contribution in [0.4, 0.5) is 5.69 Å². The molecular formula is C38H41N2O+. The quantitative estimate of drug-likeness (QED) is 0.144. The summed E-state index contributed by atoms with van der Waals surface area (Å²) in [5, 5.41) is 2.67. The maximum Gasteiger partial charge on any atom is 0.375 e. The second-order valence-electron chi connectivity index (χ2n) is 12.5. The molecule has 1 saturated carbocycles. The van der Waals surface area contributed by atoms with Gasteiger partial charge in [-0.25, -0.2) is 0 Å². The topological polar surface area (TPSA) is 20.3 Å². The SMILES string of the molecule is C[n+]1c(C=C2N(CCCCC3CCCC3)c3ccc4ccccc4c3C2(C)Cc2ccccc2)oc2ccccc21. The second-order valence-corrected chi connectivity index (χ2v) is 12.5. The molecule has 0 saturated heterocycles. The van der Waals surface area contributed by atoms with Crippen molar-refractivity contribution in [1.82, 2.24) is 0 Å². The smallest absolute Gasteiger partial charge is 0.375 e. The summed E-state index contributed by atoms with van der Waals surface area (Å²) in [5.74, 6) is 1.84. The van der Waals surface area contributed by atoms with Crippen LogP contribution in [0.25, 0.3) is 27.9 Å². The molecule has 1 fully saturated rings. The fourth-order valence-electron chi connectivity index (χ4n) is 7.65. The van der Waals surface area contributed by atoms with Crippen LogP contribution in [0, 0.1) is 5.92 Å². The highest BCUT2D eigenvalue weighted by Gasteiger charge is 2.45. The highest BCUT2D eigenvalue weighted by atomic mass is 16.3. The molecule has 0 bridgehead atoms. The molecule has 1 aromatic heterocycles. The van der Waals surface area contributed by atoms with E-state index in [1.807, 2.05) is 0 Å². The summed E-state index contributed by atoms with van der Waals surface area (Å²) in [4.78, 5) is 2.63. The molecule has 1 aliphatic carbocycles. The lowest BCUT2D eigenvalue weighted by Gasteiger charge is -2.30. The number of rotatable bonds is 8. The van der Waals surface area contributed by atoms with Crippen molar-refractivity contribution in [2.75, 3.05) is 11.4 Å². The number of benzene rings is 4. The van der Waals surface area contributed by atoms with E-state index < -0.39 is 0 Å². The van der Waals surface area contributed by atoms with Crippen molar-refractivity contribution in [3.8, 4) is 0 Å². The number of unbranched alkanes of at least 4 members (excludes halogenated alkanes) is 1. The fraction of sp³-hybridized carbons (Fsp3) is 0.342. The molecule has 1 aliphatic heterocycles. The zero-order valence-corrected chi connectivity index (χ0v) is 24.5. The average Bonchev–Trinajstić information content (AvgIpc) is 3.69. The largest absolute Gasteiger partial charge is 0.398 e. The molecule has 208 valence electrons. The van der Waals surface area contributed by atoms with E-state index in [4.69, 9.17) is 4.42 Å². The van der Waals surface area contributed by atoms with Gasteiger partial charge in [-0.05, 0) is 59.7 Å². The van der Waals surface area contributed by atoms with Crippen molar-refractivity contribution in [1.29, 1.82) is 0 Å². The Morgan fingerprint density at radius 1 is 0.878 bits per heavy atom. The predicted molar refractivity (Wildman–Crippen MR) is 170 cm³/mol. The van der Waals surface area contributed by atoms with Crippen molar-refractivity contribution in [2.24, 2.45) is 13.0 Å². The number of aryl methyl sites for hydroxylation is 1. The average molecular weight is 542 g/mol. The van der Waals surface area contributed by atoms with Gasteiger partial charge in [0.1, 0.15) is 7.05 Å². The van der Waals surface area contributed by atoms with E-state index in [0.717, 1.165) is 35.9 Å². The lowest BCUT2D eigenvalue weighted by Crippen LogP contribution is -2.34. The normalized spacial score (nSPS) is 20.0. The highest BCUT2D eigenvalue weighted by Crippen LogP contribution is 2.53. The van der Waals surface area contributed by atoms with Crippen LogP contribution < -0.4 is 9.47 Å². The van der Waals surface area contributed by atoms with Crippen molar-refractivity contribution in [3.05, 3.63) is 114 Å². The van der Waals surface area contributed by atoms with Crippen LogP contribution >= 0.6 is 0 Å². The number of hydrogen-bond donors (Lipinski definition) is 0. The summed E-state index contributed by atoms with van der Waals surface area (Å²) in [6, 6.07) is 33.0. The van der Waals surface area contributed by atoms with Gasteiger partial charge in [0, 0.05) is 29.4 Å². The van der Waals surface area contributed by atoms with E-state index in [1.165, 1.54) is 78.2 Å². The summed E-state index contributed by atoms with van der Waals surface area (Å²) < 4.78 is 8.69. The van der Waals surface area contributed by atoms with Gasteiger partial charge in [0.25, 0.3) is 5.52 Å². The maximum absolute atomic E-state index is 6.49. The van der Waals surface area contributed by atoms with Crippen LogP contribution in [0.1, 0.15) is 68.9 Å². The predicted octanol–water partition coefficient (Wildman–Crippen LogP) is 9.13. The Balaban J connectivity index is 1.37. The molecule has 4 aromatic carbocycles. The third-order valence-corrected chi connectivity index (χ3v) is 9.76. The Kier molecular flexibility index (Phi) is 6.90. The monoisotopic (exact) mass is 541 g/mol. The maximum atomic E-state index is 6.49. The first-order valence-corrected chi connectivity index (χ1v) is 15.6. The van der Waals surface area contributed by atoms with Gasteiger partial charge >= 0.3 is 5.89 Å². The third-order valence-electron chi connectivity index (χ3n) is 9.76. The van der Waals surface area contributed by atoms with Gasteiger partial charge in [0.15, 0.2) is 0 Å². The molecule has 5 aromatic rings. The Bertz CT molecular complexity index is 1710. The van der Waals surface area contributed by atoms with E-state index in [0.29, 0.717) is 0 Å². The molecule has 1 unspecified atom stereocenters. The van der Waals surface area contributed by atoms with E-state index in [-0.39, 0.29) is 5.41 Å². The Hall–Kier alpha value is -3.85. The van der Waals surface area contributed by atoms with Crippen LogP contribution in [0.5, 0.6) is 0 Å². The molecule has 0 radical (unpaired) electrons. The fourth-order valence-corrected chi connectivity index (χ4v) is 7.65. The van der Waals surface area contributed by atoms with E-state index >= 15 is 0 Å². The van der Waals surface area contributed by atoms with Gasteiger partial charge in [-0.15, -0.1) is 0 Å². The highest BCUT2D eigenvalue weighted by molar-refractivity contribution is 5.95. The van der Waals surface area contributed by atoms with Crippen LogP contribution in [-0.2, 0) is 18.9 Å². The minimum atomic E-state index is -0.213. The van der Waals surface area contributed by atoms with Gasteiger partial charge in [-0.3, -0.25) is 0 Å². The Morgan fingerprint density at radius 3 is 2.46 bits per heavy atom. The van der Waals surface area contributed by atoms with Gasteiger partial charge in [0.05, 0.1) is 6.08 Å². The Morgan fingerprint density at radius 2 is 1.63 bits per heavy atom. The van der Waals surface area contributed by atoms with Crippen molar-refractivity contribution >= 4 is 33.6 Å². The number of allylic oxidation sites excluding steroid dienone is 1. The van der Waals surface area contributed by atoms with Crippen molar-refractivity contribution < 1.29 is 8.98 Å². The number of aromatic nitrogens is 1. The molecule has 0 amide bonds. The molecule has 41 heavy (non-hydrogen) atoms. The summed E-state index contributed by atoms with van der Waals surface area (Å²) in [5.41, 5.74) is 7.33. The first-order chi connectivity index (χ1) is 20.1. The summed E-state index contributed by atoms with van der Waals surface area (Å²) in [6.07, 6.45) is 12.9. The molecule has 3 heteroatoms. The number of hydrogen-bond acceptors (Lipinski definition) is 2. The molecule has 1 atom stereocenters. The van der Waals surface area contributed by atoms with E-state index in [1.54, 1.807) is 0 Å². The minimum absolute atomic E-state index is 0.213. The summed E-state index contributed by atoms with van der Waals surface area (Å²) >= 11 is 0. The van der Waals surface area contributed by atoms with Gasteiger partial charge in [-0.1, -0.05) is 111 Å². The van der Waals surface area contributed by atoms with Crippen LogP contribution in [0.15, 0.2) is 101 Å². The molecule has 0 N–H and O–H groups in total. The number of anilines is 1. The lowest BCUT2D eigenvalue weighted by molar-refractivity contribution is -0.652. The first kappa shape index (κ1) is 26.1. The van der Waals surface area contributed by atoms with Crippen LogP contribution in [0.2, 0.25) is 0 Å². The van der Waals surface area contributed by atoms with Crippen LogP contribution in [0.3, 0.4) is 0 Å². The standard InChI is InChI=1S/C38H41N2O/c1-38(27-29-17-4-3-5-18-29)35(26-36-39(2)32-21-10-11-22-34(32)41-36)40(25-13-12-16-28-14-6-7-15-28)33-24-23-30-19-8-9-20-31(30)37(33)38/h3-5,8-11,17-24,26,28H,6-7,12-16,25,27H2,1-2H3/q+1. The van der Waals surface area contributed by atoms with Crippen LogP contribution in [-0.4, -0.2) is 6.54 Å². The zero-order valence-electron chi connectivity index (χ0n) is 24.5. The van der Waals surface area contributed by atoms with Crippen molar-refractivity contribution in [2.45, 2.75) is 63.7 Å². The Labute approximate surface area is 244 Å². The molecular weight excluding hydrogens is 500 g/mol. The van der Waals surface area contributed by atoms with E-state index in [9.17, 15) is 0 Å². The number of nitrogens with zero attached hydrogens (tertiary/aromatic N) is 2. The number of para-hydroxylation sites is 2. The number of oxazole rings is 1. The van der Waals surface area contributed by atoms with Gasteiger partial charge < -0.3 is 9.32 Å². The number of fused-ring (bicyclic) bond motifs is 4. The van der Waals surface area contributed by atoms with Gasteiger partial charge in [0.2, 0.25) is 5.58 Å². The first-order valence-electron chi connectivity index (χ1n) is 15.6. The molecule has 2 heterocycles.